The monoisotopic (exact) mass is 343 g/mol. The van der Waals surface area contributed by atoms with Gasteiger partial charge in [0.05, 0.1) is 11.8 Å². The Bertz CT molecular complexity index is 770. The van der Waals surface area contributed by atoms with Crippen LogP contribution in [0, 0.1) is 19.7 Å². The van der Waals surface area contributed by atoms with Crippen LogP contribution in [0.1, 0.15) is 34.3 Å². The quantitative estimate of drug-likeness (QED) is 0.883. The third-order valence-electron chi connectivity index (χ3n) is 4.27. The number of halogens is 1. The Kier molecular flexibility index (Phi) is 5.34. The lowest BCUT2D eigenvalue weighted by molar-refractivity contribution is 0.0681. The number of carbonyl (C=O) groups is 1. The van der Waals surface area contributed by atoms with Gasteiger partial charge in [0.1, 0.15) is 18.2 Å². The van der Waals surface area contributed by atoms with Gasteiger partial charge in [-0.25, -0.2) is 4.39 Å². The number of ether oxygens (including phenoxy) is 2. The highest BCUT2D eigenvalue weighted by Crippen LogP contribution is 2.27. The Hall–Kier alpha value is -2.40. The van der Waals surface area contributed by atoms with Crippen molar-refractivity contribution in [1.29, 1.82) is 0 Å². The van der Waals surface area contributed by atoms with E-state index in [4.69, 9.17) is 9.47 Å². The van der Waals surface area contributed by atoms with Crippen molar-refractivity contribution in [1.82, 2.24) is 0 Å². The number of hydrogen-bond donors (Lipinski definition) is 1. The molecular formula is C20H22FNO3. The molecule has 2 aromatic rings. The minimum atomic E-state index is -0.397. The molecule has 132 valence electrons. The van der Waals surface area contributed by atoms with Crippen LogP contribution >= 0.6 is 0 Å². The van der Waals surface area contributed by atoms with Crippen LogP contribution in [-0.2, 0) is 4.74 Å². The fraction of sp³-hybridized carbons (Fsp3) is 0.350. The van der Waals surface area contributed by atoms with Crippen molar-refractivity contribution >= 4 is 11.6 Å². The maximum Gasteiger partial charge on any atom is 0.255 e. The molecule has 4 nitrogen and oxygen atoms in total. The standard InChI is InChI=1S/C20H22FNO3/c1-13-5-8-18(19(10-13)25-12-16-4-3-9-24-16)22-20(23)15-7-6-14(2)17(21)11-15/h5-8,10-11,16H,3-4,9,12H2,1-2H3,(H,22,23). The van der Waals surface area contributed by atoms with Crippen molar-refractivity contribution in [2.75, 3.05) is 18.5 Å². The number of rotatable bonds is 5. The van der Waals surface area contributed by atoms with E-state index >= 15 is 0 Å². The molecule has 1 N–H and O–H groups in total. The summed E-state index contributed by atoms with van der Waals surface area (Å²) >= 11 is 0. The van der Waals surface area contributed by atoms with E-state index in [0.717, 1.165) is 25.0 Å². The van der Waals surface area contributed by atoms with E-state index in [0.29, 0.717) is 23.6 Å². The van der Waals surface area contributed by atoms with E-state index in [1.165, 1.54) is 6.07 Å². The second kappa shape index (κ2) is 7.66. The molecule has 0 radical (unpaired) electrons. The van der Waals surface area contributed by atoms with Gasteiger partial charge in [0, 0.05) is 12.2 Å². The number of benzene rings is 2. The summed E-state index contributed by atoms with van der Waals surface area (Å²) in [6, 6.07) is 10.0. The van der Waals surface area contributed by atoms with Crippen LogP contribution in [0.2, 0.25) is 0 Å². The Morgan fingerprint density at radius 2 is 2.12 bits per heavy atom. The maximum atomic E-state index is 13.7. The first kappa shape index (κ1) is 17.4. The third-order valence-corrected chi connectivity index (χ3v) is 4.27. The molecule has 0 saturated carbocycles. The van der Waals surface area contributed by atoms with E-state index in [1.54, 1.807) is 25.1 Å². The molecule has 1 fully saturated rings. The fourth-order valence-electron chi connectivity index (χ4n) is 2.74. The predicted molar refractivity (Wildman–Crippen MR) is 94.7 cm³/mol. The number of hydrogen-bond acceptors (Lipinski definition) is 3. The van der Waals surface area contributed by atoms with Gasteiger partial charge < -0.3 is 14.8 Å². The average molecular weight is 343 g/mol. The Labute approximate surface area is 147 Å². The van der Waals surface area contributed by atoms with Crippen LogP contribution in [0.3, 0.4) is 0 Å². The highest BCUT2D eigenvalue weighted by atomic mass is 19.1. The first-order valence-corrected chi connectivity index (χ1v) is 8.45. The lowest BCUT2D eigenvalue weighted by Gasteiger charge is -2.16. The maximum absolute atomic E-state index is 13.7. The largest absolute Gasteiger partial charge is 0.489 e. The van der Waals surface area contributed by atoms with E-state index in [2.05, 4.69) is 5.32 Å². The van der Waals surface area contributed by atoms with Gasteiger partial charge in [-0.1, -0.05) is 12.1 Å². The average Bonchev–Trinajstić information content (AvgIpc) is 3.11. The number of aryl methyl sites for hydroxylation is 2. The first-order chi connectivity index (χ1) is 12.0. The second-order valence-electron chi connectivity index (χ2n) is 6.36. The summed E-state index contributed by atoms with van der Waals surface area (Å²) in [5.41, 5.74) is 2.37. The lowest BCUT2D eigenvalue weighted by atomic mass is 10.1. The van der Waals surface area contributed by atoms with Crippen LogP contribution in [0.4, 0.5) is 10.1 Å². The molecule has 1 heterocycles. The van der Waals surface area contributed by atoms with Crippen molar-refractivity contribution in [3.8, 4) is 5.75 Å². The zero-order valence-corrected chi connectivity index (χ0v) is 14.5. The van der Waals surface area contributed by atoms with Crippen LogP contribution in [0.25, 0.3) is 0 Å². The molecule has 3 rings (SSSR count). The second-order valence-corrected chi connectivity index (χ2v) is 6.36. The highest BCUT2D eigenvalue weighted by molar-refractivity contribution is 6.05. The van der Waals surface area contributed by atoms with Crippen molar-refractivity contribution in [3.05, 3.63) is 58.9 Å². The Morgan fingerprint density at radius 1 is 1.28 bits per heavy atom. The molecule has 0 spiro atoms. The molecule has 25 heavy (non-hydrogen) atoms. The SMILES string of the molecule is Cc1ccc(NC(=O)c2ccc(C)c(F)c2)c(OCC2CCCO2)c1. The third kappa shape index (κ3) is 4.37. The summed E-state index contributed by atoms with van der Waals surface area (Å²) in [4.78, 5) is 12.4. The molecular weight excluding hydrogens is 321 g/mol. The normalized spacial score (nSPS) is 16.7. The number of amides is 1. The van der Waals surface area contributed by atoms with Gasteiger partial charge in [-0.3, -0.25) is 4.79 Å². The summed E-state index contributed by atoms with van der Waals surface area (Å²) in [7, 11) is 0. The topological polar surface area (TPSA) is 47.6 Å². The van der Waals surface area contributed by atoms with Gasteiger partial charge >= 0.3 is 0 Å². The predicted octanol–water partition coefficient (Wildman–Crippen LogP) is 4.25. The van der Waals surface area contributed by atoms with E-state index in [9.17, 15) is 9.18 Å². The smallest absolute Gasteiger partial charge is 0.255 e. The molecule has 1 aliphatic rings. The highest BCUT2D eigenvalue weighted by Gasteiger charge is 2.18. The van der Waals surface area contributed by atoms with Gasteiger partial charge in [0.15, 0.2) is 0 Å². The van der Waals surface area contributed by atoms with Crippen LogP contribution < -0.4 is 10.1 Å². The summed E-state index contributed by atoms with van der Waals surface area (Å²) in [6.45, 7) is 4.84. The molecule has 1 unspecified atom stereocenters. The summed E-state index contributed by atoms with van der Waals surface area (Å²) in [5.74, 6) is -0.174. The molecule has 0 aliphatic carbocycles. The zero-order chi connectivity index (χ0) is 17.8. The molecule has 1 saturated heterocycles. The van der Waals surface area contributed by atoms with Gasteiger partial charge in [-0.2, -0.15) is 0 Å². The summed E-state index contributed by atoms with van der Waals surface area (Å²) in [5, 5.41) is 2.80. The van der Waals surface area contributed by atoms with Gasteiger partial charge in [-0.05, 0) is 62.1 Å². The molecule has 1 amide bonds. The molecule has 1 aliphatic heterocycles. The number of nitrogens with one attached hydrogen (secondary N) is 1. The fourth-order valence-corrected chi connectivity index (χ4v) is 2.74. The number of carbonyl (C=O) groups excluding carboxylic acids is 1. The molecule has 0 aromatic heterocycles. The minimum Gasteiger partial charge on any atom is -0.489 e. The molecule has 2 aromatic carbocycles. The first-order valence-electron chi connectivity index (χ1n) is 8.45. The van der Waals surface area contributed by atoms with Gasteiger partial charge in [0.25, 0.3) is 5.91 Å². The zero-order valence-electron chi connectivity index (χ0n) is 14.5. The van der Waals surface area contributed by atoms with Crippen LogP contribution in [0.15, 0.2) is 36.4 Å². The van der Waals surface area contributed by atoms with E-state index < -0.39 is 5.82 Å². The van der Waals surface area contributed by atoms with Crippen LogP contribution in [-0.4, -0.2) is 25.2 Å². The van der Waals surface area contributed by atoms with Crippen LogP contribution in [0.5, 0.6) is 5.75 Å². The van der Waals surface area contributed by atoms with E-state index in [-0.39, 0.29) is 17.6 Å². The minimum absolute atomic E-state index is 0.0928. The molecule has 5 heteroatoms. The van der Waals surface area contributed by atoms with Crippen molar-refractivity contribution in [2.24, 2.45) is 0 Å². The van der Waals surface area contributed by atoms with Crippen molar-refractivity contribution in [2.45, 2.75) is 32.8 Å². The molecule has 1 atom stereocenters. The van der Waals surface area contributed by atoms with Gasteiger partial charge in [-0.15, -0.1) is 0 Å². The van der Waals surface area contributed by atoms with Crippen molar-refractivity contribution in [3.63, 3.8) is 0 Å². The summed E-state index contributed by atoms with van der Waals surface area (Å²) in [6.07, 6.45) is 2.12. The number of anilines is 1. The summed E-state index contributed by atoms with van der Waals surface area (Å²) < 4.78 is 25.1. The van der Waals surface area contributed by atoms with Gasteiger partial charge in [0.2, 0.25) is 0 Å². The lowest BCUT2D eigenvalue weighted by Crippen LogP contribution is -2.18. The molecule has 0 bridgehead atoms. The van der Waals surface area contributed by atoms with E-state index in [1.807, 2.05) is 19.1 Å². The van der Waals surface area contributed by atoms with Crippen molar-refractivity contribution < 1.29 is 18.7 Å². The Balaban J connectivity index is 1.74. The Morgan fingerprint density at radius 3 is 2.84 bits per heavy atom.